The number of nitrogens with one attached hydrogen (secondary N) is 1. The topological polar surface area (TPSA) is 94.1 Å². The molecular weight excluding hydrogens is 338 g/mol. The van der Waals surface area contributed by atoms with E-state index in [9.17, 15) is 14.7 Å². The highest BCUT2D eigenvalue weighted by Crippen LogP contribution is 2.31. The third-order valence-corrected chi connectivity index (χ3v) is 4.94. The maximum absolute atomic E-state index is 12.4. The molecule has 0 spiro atoms. The third kappa shape index (κ3) is 4.66. The van der Waals surface area contributed by atoms with Crippen molar-refractivity contribution < 1.29 is 28.9 Å². The largest absolute Gasteiger partial charge is 0.493 e. The van der Waals surface area contributed by atoms with Crippen LogP contribution in [0.15, 0.2) is 18.2 Å². The first kappa shape index (κ1) is 20.0. The van der Waals surface area contributed by atoms with Crippen LogP contribution in [-0.4, -0.2) is 51.0 Å². The van der Waals surface area contributed by atoms with Crippen molar-refractivity contribution in [3.05, 3.63) is 23.8 Å². The molecule has 0 bridgehead atoms. The number of benzene rings is 1. The van der Waals surface area contributed by atoms with E-state index in [4.69, 9.17) is 14.2 Å². The Kier molecular flexibility index (Phi) is 6.85. The van der Waals surface area contributed by atoms with Gasteiger partial charge in [-0.05, 0) is 37.0 Å². The zero-order valence-electron chi connectivity index (χ0n) is 15.5. The van der Waals surface area contributed by atoms with Crippen LogP contribution < -0.4 is 14.8 Å². The number of hydrogen-bond acceptors (Lipinski definition) is 5. The van der Waals surface area contributed by atoms with Gasteiger partial charge in [0, 0.05) is 25.7 Å². The molecule has 7 heteroatoms. The lowest BCUT2D eigenvalue weighted by Gasteiger charge is -2.33. The molecule has 0 aliphatic carbocycles. The Morgan fingerprint density at radius 2 is 1.88 bits per heavy atom. The maximum atomic E-state index is 12.4. The number of carbonyl (C=O) groups excluding carboxylic acids is 1. The van der Waals surface area contributed by atoms with Crippen LogP contribution in [0.2, 0.25) is 0 Å². The van der Waals surface area contributed by atoms with E-state index in [2.05, 4.69) is 5.32 Å². The lowest BCUT2D eigenvalue weighted by Crippen LogP contribution is -2.47. The SMILES string of the molecule is COc1ccc(CC(C)C(=O)NCC2(C(=O)O)CCOCC2)cc1OC. The van der Waals surface area contributed by atoms with Crippen LogP contribution in [0, 0.1) is 11.3 Å². The normalized spacial score (nSPS) is 17.2. The van der Waals surface area contributed by atoms with Crippen molar-refractivity contribution in [3.8, 4) is 11.5 Å². The number of ether oxygens (including phenoxy) is 3. The van der Waals surface area contributed by atoms with Gasteiger partial charge in [0.25, 0.3) is 0 Å². The summed E-state index contributed by atoms with van der Waals surface area (Å²) in [6, 6.07) is 5.54. The number of rotatable bonds is 8. The minimum absolute atomic E-state index is 0.126. The van der Waals surface area contributed by atoms with E-state index in [0.29, 0.717) is 44.0 Å². The second kappa shape index (κ2) is 8.89. The van der Waals surface area contributed by atoms with Crippen molar-refractivity contribution in [2.75, 3.05) is 34.0 Å². The van der Waals surface area contributed by atoms with E-state index in [1.807, 2.05) is 19.1 Å². The van der Waals surface area contributed by atoms with Crippen LogP contribution in [0.1, 0.15) is 25.3 Å². The molecule has 1 aliphatic heterocycles. The Labute approximate surface area is 153 Å². The minimum atomic E-state index is -0.934. The van der Waals surface area contributed by atoms with Gasteiger partial charge < -0.3 is 24.6 Å². The van der Waals surface area contributed by atoms with Crippen molar-refractivity contribution in [2.24, 2.45) is 11.3 Å². The summed E-state index contributed by atoms with van der Waals surface area (Å²) in [7, 11) is 3.14. The molecule has 26 heavy (non-hydrogen) atoms. The van der Waals surface area contributed by atoms with E-state index in [1.165, 1.54) is 0 Å². The average molecular weight is 365 g/mol. The number of hydrogen-bond donors (Lipinski definition) is 2. The molecular formula is C19H27NO6. The summed E-state index contributed by atoms with van der Waals surface area (Å²) in [6.45, 7) is 2.76. The molecule has 1 unspecified atom stereocenters. The molecule has 2 N–H and O–H groups in total. The summed E-state index contributed by atoms with van der Waals surface area (Å²) in [5.74, 6) is -0.0831. The van der Waals surface area contributed by atoms with E-state index in [1.54, 1.807) is 20.3 Å². The van der Waals surface area contributed by atoms with Crippen LogP contribution in [0.5, 0.6) is 11.5 Å². The van der Waals surface area contributed by atoms with Crippen LogP contribution in [0.4, 0.5) is 0 Å². The van der Waals surface area contributed by atoms with Gasteiger partial charge in [-0.3, -0.25) is 9.59 Å². The number of amides is 1. The summed E-state index contributed by atoms with van der Waals surface area (Å²) < 4.78 is 15.7. The highest BCUT2D eigenvalue weighted by atomic mass is 16.5. The zero-order chi connectivity index (χ0) is 19.2. The molecule has 1 amide bonds. The van der Waals surface area contributed by atoms with Crippen LogP contribution in [-0.2, 0) is 20.7 Å². The van der Waals surface area contributed by atoms with Crippen molar-refractivity contribution >= 4 is 11.9 Å². The maximum Gasteiger partial charge on any atom is 0.311 e. The van der Waals surface area contributed by atoms with E-state index in [-0.39, 0.29) is 18.4 Å². The first-order valence-electron chi connectivity index (χ1n) is 8.71. The molecule has 0 aromatic heterocycles. The molecule has 1 aromatic rings. The Balaban J connectivity index is 1.96. The average Bonchev–Trinajstić information content (AvgIpc) is 2.66. The van der Waals surface area contributed by atoms with Gasteiger partial charge >= 0.3 is 5.97 Å². The van der Waals surface area contributed by atoms with Crippen molar-refractivity contribution in [3.63, 3.8) is 0 Å². The molecule has 0 radical (unpaired) electrons. The fourth-order valence-corrected chi connectivity index (χ4v) is 3.11. The summed E-state index contributed by atoms with van der Waals surface area (Å²) in [5, 5.41) is 12.4. The van der Waals surface area contributed by atoms with Gasteiger partial charge in [0.1, 0.15) is 0 Å². The fourth-order valence-electron chi connectivity index (χ4n) is 3.11. The van der Waals surface area contributed by atoms with Crippen LogP contribution in [0.3, 0.4) is 0 Å². The van der Waals surface area contributed by atoms with Crippen molar-refractivity contribution in [2.45, 2.75) is 26.2 Å². The van der Waals surface area contributed by atoms with E-state index < -0.39 is 11.4 Å². The monoisotopic (exact) mass is 365 g/mol. The van der Waals surface area contributed by atoms with Gasteiger partial charge in [-0.1, -0.05) is 13.0 Å². The predicted octanol–water partition coefficient (Wildman–Crippen LogP) is 1.88. The predicted molar refractivity (Wildman–Crippen MR) is 95.5 cm³/mol. The highest BCUT2D eigenvalue weighted by molar-refractivity contribution is 5.80. The minimum Gasteiger partial charge on any atom is -0.493 e. The van der Waals surface area contributed by atoms with Gasteiger partial charge in [-0.2, -0.15) is 0 Å². The molecule has 0 saturated carbocycles. The number of carbonyl (C=O) groups is 2. The standard InChI is InChI=1S/C19H27NO6/c1-13(10-14-4-5-15(24-2)16(11-14)25-3)17(21)20-12-19(18(22)23)6-8-26-9-7-19/h4-5,11,13H,6-10,12H2,1-3H3,(H,20,21)(H,22,23). The molecule has 144 valence electrons. The summed E-state index contributed by atoms with van der Waals surface area (Å²) in [6.07, 6.45) is 1.34. The van der Waals surface area contributed by atoms with Gasteiger partial charge in [0.05, 0.1) is 19.6 Å². The second-order valence-corrected chi connectivity index (χ2v) is 6.71. The van der Waals surface area contributed by atoms with Gasteiger partial charge in [-0.25, -0.2) is 0 Å². The molecule has 1 aliphatic rings. The Morgan fingerprint density at radius 3 is 2.46 bits per heavy atom. The summed E-state index contributed by atoms with van der Waals surface area (Å²) in [4.78, 5) is 24.1. The van der Waals surface area contributed by atoms with E-state index in [0.717, 1.165) is 5.56 Å². The van der Waals surface area contributed by atoms with Gasteiger partial charge in [-0.15, -0.1) is 0 Å². The first-order valence-corrected chi connectivity index (χ1v) is 8.71. The number of aliphatic carboxylic acids is 1. The Morgan fingerprint density at radius 1 is 1.23 bits per heavy atom. The van der Waals surface area contributed by atoms with Crippen LogP contribution >= 0.6 is 0 Å². The highest BCUT2D eigenvalue weighted by Gasteiger charge is 2.40. The lowest BCUT2D eigenvalue weighted by atomic mass is 9.80. The zero-order valence-corrected chi connectivity index (χ0v) is 15.5. The van der Waals surface area contributed by atoms with E-state index >= 15 is 0 Å². The molecule has 2 rings (SSSR count). The number of carboxylic acid groups (broad SMARTS) is 1. The van der Waals surface area contributed by atoms with Gasteiger partial charge in [0.2, 0.25) is 5.91 Å². The first-order chi connectivity index (χ1) is 12.4. The van der Waals surface area contributed by atoms with Crippen molar-refractivity contribution in [1.82, 2.24) is 5.32 Å². The fraction of sp³-hybridized carbons (Fsp3) is 0.579. The van der Waals surface area contributed by atoms with Crippen LogP contribution in [0.25, 0.3) is 0 Å². The van der Waals surface area contributed by atoms with Crippen molar-refractivity contribution in [1.29, 1.82) is 0 Å². The smallest absolute Gasteiger partial charge is 0.311 e. The molecule has 1 saturated heterocycles. The summed E-state index contributed by atoms with van der Waals surface area (Å²) >= 11 is 0. The van der Waals surface area contributed by atoms with Gasteiger partial charge in [0.15, 0.2) is 11.5 Å². The quantitative estimate of drug-likeness (QED) is 0.731. The lowest BCUT2D eigenvalue weighted by molar-refractivity contribution is -0.154. The molecule has 7 nitrogen and oxygen atoms in total. The molecule has 1 fully saturated rings. The molecule has 1 aromatic carbocycles. The number of carboxylic acids is 1. The summed E-state index contributed by atoms with van der Waals surface area (Å²) in [5.41, 5.74) is 0.0149. The Bertz CT molecular complexity index is 639. The molecule has 1 heterocycles. The second-order valence-electron chi connectivity index (χ2n) is 6.71. The molecule has 1 atom stereocenters. The Hall–Kier alpha value is -2.28. The third-order valence-electron chi connectivity index (χ3n) is 4.94. The number of methoxy groups -OCH3 is 2.